The van der Waals surface area contributed by atoms with Crippen molar-refractivity contribution in [1.29, 1.82) is 0 Å². The molecule has 0 atom stereocenters. The molecule has 0 aromatic heterocycles. The molecular formula is C9H14O. The van der Waals surface area contributed by atoms with Crippen LogP contribution < -0.4 is 0 Å². The first-order valence-corrected chi connectivity index (χ1v) is 3.79. The lowest BCUT2D eigenvalue weighted by Gasteiger charge is -2.26. The van der Waals surface area contributed by atoms with Gasteiger partial charge in [0.15, 0.2) is 0 Å². The number of rotatable bonds is 3. The summed E-state index contributed by atoms with van der Waals surface area (Å²) in [6.07, 6.45) is 7.93. The van der Waals surface area contributed by atoms with Crippen molar-refractivity contribution in [3.63, 3.8) is 0 Å². The third-order valence-electron chi connectivity index (χ3n) is 1.76. The zero-order valence-electron chi connectivity index (χ0n) is 6.47. The van der Waals surface area contributed by atoms with Gasteiger partial charge in [-0.3, -0.25) is 0 Å². The quantitative estimate of drug-likeness (QED) is 0.430. The number of hydrogen-bond acceptors (Lipinski definition) is 1. The second kappa shape index (κ2) is 3.45. The standard InChI is InChI=1S/C9H14O/c1-3-5-8(2)10-9-6-4-7-9/h3,5,9H,1,4,6-7H2,2H3/b8-5+. The summed E-state index contributed by atoms with van der Waals surface area (Å²) < 4.78 is 5.52. The fourth-order valence-electron chi connectivity index (χ4n) is 0.957. The van der Waals surface area contributed by atoms with Crippen LogP contribution in [0.15, 0.2) is 24.5 Å². The van der Waals surface area contributed by atoms with E-state index in [1.807, 2.05) is 13.0 Å². The minimum absolute atomic E-state index is 0.496. The molecule has 0 N–H and O–H groups in total. The van der Waals surface area contributed by atoms with E-state index in [0.717, 1.165) is 5.76 Å². The predicted octanol–water partition coefficient (Wildman–Crippen LogP) is 2.65. The summed E-state index contributed by atoms with van der Waals surface area (Å²) >= 11 is 0. The molecule has 0 bridgehead atoms. The highest BCUT2D eigenvalue weighted by molar-refractivity contribution is 5.02. The minimum atomic E-state index is 0.496. The summed E-state index contributed by atoms with van der Waals surface area (Å²) in [5.41, 5.74) is 0. The van der Waals surface area contributed by atoms with E-state index in [2.05, 4.69) is 6.58 Å². The average Bonchev–Trinajstić information content (AvgIpc) is 1.80. The molecule has 10 heavy (non-hydrogen) atoms. The highest BCUT2D eigenvalue weighted by atomic mass is 16.5. The first-order chi connectivity index (χ1) is 4.83. The van der Waals surface area contributed by atoms with Crippen molar-refractivity contribution in [2.24, 2.45) is 0 Å². The van der Waals surface area contributed by atoms with Gasteiger partial charge in [0, 0.05) is 0 Å². The Bertz CT molecular complexity index is 143. The third-order valence-corrected chi connectivity index (χ3v) is 1.76. The van der Waals surface area contributed by atoms with Crippen molar-refractivity contribution in [1.82, 2.24) is 0 Å². The fraction of sp³-hybridized carbons (Fsp3) is 0.556. The molecule has 1 saturated carbocycles. The molecule has 0 aromatic rings. The van der Waals surface area contributed by atoms with E-state index in [4.69, 9.17) is 4.74 Å². The van der Waals surface area contributed by atoms with E-state index in [-0.39, 0.29) is 0 Å². The lowest BCUT2D eigenvalue weighted by Crippen LogP contribution is -2.20. The van der Waals surface area contributed by atoms with Gasteiger partial charge in [0.25, 0.3) is 0 Å². The molecule has 56 valence electrons. The van der Waals surface area contributed by atoms with Crippen LogP contribution in [-0.4, -0.2) is 6.10 Å². The maximum absolute atomic E-state index is 5.52. The molecule has 1 nitrogen and oxygen atoms in total. The van der Waals surface area contributed by atoms with Crippen molar-refractivity contribution in [3.8, 4) is 0 Å². The Balaban J connectivity index is 2.22. The Morgan fingerprint density at radius 3 is 2.70 bits per heavy atom. The second-order valence-electron chi connectivity index (χ2n) is 2.68. The fourth-order valence-corrected chi connectivity index (χ4v) is 0.957. The van der Waals surface area contributed by atoms with Crippen molar-refractivity contribution >= 4 is 0 Å². The number of ether oxygens (including phenoxy) is 1. The summed E-state index contributed by atoms with van der Waals surface area (Å²) in [7, 11) is 0. The molecule has 0 radical (unpaired) electrons. The van der Waals surface area contributed by atoms with E-state index in [0.29, 0.717) is 6.10 Å². The monoisotopic (exact) mass is 138 g/mol. The van der Waals surface area contributed by atoms with Crippen LogP contribution in [0.5, 0.6) is 0 Å². The van der Waals surface area contributed by atoms with Crippen LogP contribution in [0.1, 0.15) is 26.2 Å². The van der Waals surface area contributed by atoms with Crippen LogP contribution in [-0.2, 0) is 4.74 Å². The van der Waals surface area contributed by atoms with Gasteiger partial charge in [-0.25, -0.2) is 0 Å². The maximum Gasteiger partial charge on any atom is 0.0982 e. The molecule has 0 unspecified atom stereocenters. The Kier molecular flexibility index (Phi) is 2.55. The van der Waals surface area contributed by atoms with Crippen LogP contribution in [0.2, 0.25) is 0 Å². The second-order valence-corrected chi connectivity index (χ2v) is 2.68. The topological polar surface area (TPSA) is 9.23 Å². The molecule has 1 fully saturated rings. The summed E-state index contributed by atoms with van der Waals surface area (Å²) in [4.78, 5) is 0. The maximum atomic E-state index is 5.52. The van der Waals surface area contributed by atoms with E-state index in [9.17, 15) is 0 Å². The normalized spacial score (nSPS) is 19.9. The van der Waals surface area contributed by atoms with E-state index < -0.39 is 0 Å². The summed E-state index contributed by atoms with van der Waals surface area (Å²) in [6, 6.07) is 0. The molecule has 1 heteroatoms. The Morgan fingerprint density at radius 1 is 1.60 bits per heavy atom. The number of allylic oxidation sites excluding steroid dienone is 3. The van der Waals surface area contributed by atoms with Gasteiger partial charge in [-0.2, -0.15) is 0 Å². The molecule has 1 aliphatic carbocycles. The largest absolute Gasteiger partial charge is 0.495 e. The van der Waals surface area contributed by atoms with Gasteiger partial charge < -0.3 is 4.74 Å². The van der Waals surface area contributed by atoms with Gasteiger partial charge in [0.05, 0.1) is 11.9 Å². The Labute approximate surface area is 62.4 Å². The first kappa shape index (κ1) is 7.39. The molecule has 0 spiro atoms. The van der Waals surface area contributed by atoms with Crippen molar-refractivity contribution < 1.29 is 4.74 Å². The first-order valence-electron chi connectivity index (χ1n) is 3.79. The van der Waals surface area contributed by atoms with Crippen LogP contribution >= 0.6 is 0 Å². The highest BCUT2D eigenvalue weighted by Gasteiger charge is 2.18. The van der Waals surface area contributed by atoms with Gasteiger partial charge in [0.2, 0.25) is 0 Å². The Hall–Kier alpha value is -0.720. The molecule has 0 saturated heterocycles. The molecule has 0 heterocycles. The highest BCUT2D eigenvalue weighted by Crippen LogP contribution is 2.23. The van der Waals surface area contributed by atoms with Crippen LogP contribution in [0.3, 0.4) is 0 Å². The summed E-state index contributed by atoms with van der Waals surface area (Å²) in [5.74, 6) is 0.986. The molecule has 0 aromatic carbocycles. The van der Waals surface area contributed by atoms with Crippen LogP contribution in [0.4, 0.5) is 0 Å². The molecular weight excluding hydrogens is 124 g/mol. The average molecular weight is 138 g/mol. The predicted molar refractivity (Wildman–Crippen MR) is 42.7 cm³/mol. The molecule has 0 amide bonds. The lowest BCUT2D eigenvalue weighted by molar-refractivity contribution is 0.0534. The SMILES string of the molecule is C=C/C=C(\C)OC1CCC1. The van der Waals surface area contributed by atoms with Gasteiger partial charge in [-0.05, 0) is 32.3 Å². The van der Waals surface area contributed by atoms with Gasteiger partial charge >= 0.3 is 0 Å². The van der Waals surface area contributed by atoms with E-state index >= 15 is 0 Å². The minimum Gasteiger partial charge on any atom is -0.495 e. The smallest absolute Gasteiger partial charge is 0.0982 e. The van der Waals surface area contributed by atoms with Crippen molar-refractivity contribution in [2.45, 2.75) is 32.3 Å². The van der Waals surface area contributed by atoms with Gasteiger partial charge in [-0.1, -0.05) is 12.7 Å². The van der Waals surface area contributed by atoms with E-state index in [1.165, 1.54) is 19.3 Å². The van der Waals surface area contributed by atoms with Crippen LogP contribution in [0.25, 0.3) is 0 Å². The number of hydrogen-bond donors (Lipinski definition) is 0. The third kappa shape index (κ3) is 1.90. The summed E-state index contributed by atoms with van der Waals surface area (Å²) in [5, 5.41) is 0. The molecule has 0 aliphatic heterocycles. The van der Waals surface area contributed by atoms with Crippen molar-refractivity contribution in [2.75, 3.05) is 0 Å². The lowest BCUT2D eigenvalue weighted by atomic mass is 9.96. The van der Waals surface area contributed by atoms with Crippen LogP contribution in [0, 0.1) is 0 Å². The Morgan fingerprint density at radius 2 is 2.30 bits per heavy atom. The zero-order chi connectivity index (χ0) is 7.40. The zero-order valence-corrected chi connectivity index (χ0v) is 6.47. The van der Waals surface area contributed by atoms with Gasteiger partial charge in [-0.15, -0.1) is 0 Å². The molecule has 1 rings (SSSR count). The molecule has 1 aliphatic rings. The van der Waals surface area contributed by atoms with E-state index in [1.54, 1.807) is 6.08 Å². The summed E-state index contributed by atoms with van der Waals surface area (Å²) in [6.45, 7) is 5.57. The van der Waals surface area contributed by atoms with Gasteiger partial charge in [0.1, 0.15) is 0 Å². The van der Waals surface area contributed by atoms with Crippen molar-refractivity contribution in [3.05, 3.63) is 24.5 Å².